The SMILES string of the molecule is CC1CCN(C(=O)NC2(C(=N)N)CCCC2)CC1. The Morgan fingerprint density at radius 3 is 2.39 bits per heavy atom. The van der Waals surface area contributed by atoms with Gasteiger partial charge in [-0.1, -0.05) is 19.8 Å². The summed E-state index contributed by atoms with van der Waals surface area (Å²) >= 11 is 0. The summed E-state index contributed by atoms with van der Waals surface area (Å²) in [4.78, 5) is 14.1. The van der Waals surface area contributed by atoms with Crippen LogP contribution in [0.1, 0.15) is 45.4 Å². The molecule has 5 nitrogen and oxygen atoms in total. The zero-order valence-corrected chi connectivity index (χ0v) is 11.2. The van der Waals surface area contributed by atoms with Crippen LogP contribution < -0.4 is 11.1 Å². The molecular formula is C13H24N4O. The lowest BCUT2D eigenvalue weighted by Gasteiger charge is -2.35. The number of nitrogens with zero attached hydrogens (tertiary/aromatic N) is 1. The second-order valence-corrected chi connectivity index (χ2v) is 5.80. The highest BCUT2D eigenvalue weighted by atomic mass is 16.2. The molecule has 0 radical (unpaired) electrons. The fraction of sp³-hybridized carbons (Fsp3) is 0.846. The Morgan fingerprint density at radius 1 is 1.33 bits per heavy atom. The molecule has 102 valence electrons. The zero-order chi connectivity index (χ0) is 13.2. The van der Waals surface area contributed by atoms with Crippen molar-refractivity contribution in [3.05, 3.63) is 0 Å². The van der Waals surface area contributed by atoms with Crippen LogP contribution >= 0.6 is 0 Å². The molecule has 18 heavy (non-hydrogen) atoms. The van der Waals surface area contributed by atoms with Crippen molar-refractivity contribution >= 4 is 11.9 Å². The summed E-state index contributed by atoms with van der Waals surface area (Å²) in [5, 5.41) is 10.7. The standard InChI is InChI=1S/C13H24N4O/c1-10-4-8-17(9-5-10)12(18)16-13(11(14)15)6-2-3-7-13/h10H,2-9H2,1H3,(H3,14,15)(H,16,18). The largest absolute Gasteiger partial charge is 0.386 e. The molecule has 1 aliphatic heterocycles. The summed E-state index contributed by atoms with van der Waals surface area (Å²) in [6.45, 7) is 3.87. The third-order valence-electron chi connectivity index (χ3n) is 4.39. The predicted octanol–water partition coefficient (Wildman–Crippen LogP) is 1.68. The molecule has 0 atom stereocenters. The Morgan fingerprint density at radius 2 is 1.89 bits per heavy atom. The number of nitrogens with one attached hydrogen (secondary N) is 2. The van der Waals surface area contributed by atoms with Gasteiger partial charge in [0.25, 0.3) is 0 Å². The number of likely N-dealkylation sites (tertiary alicyclic amines) is 1. The number of amidine groups is 1. The van der Waals surface area contributed by atoms with E-state index in [1.54, 1.807) is 0 Å². The number of amides is 2. The first-order valence-electron chi connectivity index (χ1n) is 6.95. The number of carbonyl (C=O) groups is 1. The van der Waals surface area contributed by atoms with Gasteiger partial charge in [-0.2, -0.15) is 0 Å². The number of carbonyl (C=O) groups excluding carboxylic acids is 1. The molecule has 0 aromatic rings. The first kappa shape index (κ1) is 13.2. The minimum absolute atomic E-state index is 0.0426. The van der Waals surface area contributed by atoms with Crippen molar-refractivity contribution < 1.29 is 4.79 Å². The van der Waals surface area contributed by atoms with Crippen LogP contribution in [0.5, 0.6) is 0 Å². The maximum absolute atomic E-state index is 12.2. The third kappa shape index (κ3) is 2.60. The van der Waals surface area contributed by atoms with Crippen molar-refractivity contribution in [2.24, 2.45) is 11.7 Å². The Bertz CT molecular complexity index is 328. The van der Waals surface area contributed by atoms with E-state index in [1.807, 2.05) is 4.90 Å². The first-order valence-corrected chi connectivity index (χ1v) is 6.95. The molecule has 0 aromatic heterocycles. The van der Waals surface area contributed by atoms with Crippen LogP contribution in [0.4, 0.5) is 4.79 Å². The molecule has 0 unspecified atom stereocenters. The predicted molar refractivity (Wildman–Crippen MR) is 71.6 cm³/mol. The van der Waals surface area contributed by atoms with Gasteiger partial charge in [0, 0.05) is 13.1 Å². The lowest BCUT2D eigenvalue weighted by Crippen LogP contribution is -2.59. The van der Waals surface area contributed by atoms with Crippen LogP contribution in [-0.4, -0.2) is 35.4 Å². The summed E-state index contributed by atoms with van der Waals surface area (Å²) in [7, 11) is 0. The molecule has 5 heteroatoms. The molecule has 0 bridgehead atoms. The smallest absolute Gasteiger partial charge is 0.318 e. The summed E-state index contributed by atoms with van der Waals surface area (Å²) in [6.07, 6.45) is 5.82. The fourth-order valence-electron chi connectivity index (χ4n) is 2.94. The Balaban J connectivity index is 1.95. The van der Waals surface area contributed by atoms with E-state index in [0.29, 0.717) is 5.92 Å². The van der Waals surface area contributed by atoms with Crippen molar-refractivity contribution in [3.63, 3.8) is 0 Å². The minimum atomic E-state index is -0.569. The van der Waals surface area contributed by atoms with Gasteiger partial charge >= 0.3 is 6.03 Å². The molecule has 1 aliphatic carbocycles. The Hall–Kier alpha value is -1.26. The quantitative estimate of drug-likeness (QED) is 0.516. The van der Waals surface area contributed by atoms with E-state index in [-0.39, 0.29) is 11.9 Å². The number of hydrogen-bond donors (Lipinski definition) is 3. The molecule has 2 fully saturated rings. The molecule has 4 N–H and O–H groups in total. The van der Waals surface area contributed by atoms with Crippen LogP contribution in [0.3, 0.4) is 0 Å². The Labute approximate surface area is 109 Å². The van der Waals surface area contributed by atoms with Gasteiger partial charge < -0.3 is 16.0 Å². The fourth-order valence-corrected chi connectivity index (χ4v) is 2.94. The average Bonchev–Trinajstić information content (AvgIpc) is 2.79. The van der Waals surface area contributed by atoms with Crippen LogP contribution in [0.25, 0.3) is 0 Å². The second kappa shape index (κ2) is 5.16. The number of rotatable bonds is 2. The zero-order valence-electron chi connectivity index (χ0n) is 11.2. The monoisotopic (exact) mass is 252 g/mol. The maximum atomic E-state index is 12.2. The van der Waals surface area contributed by atoms with Crippen molar-refractivity contribution in [1.29, 1.82) is 5.41 Å². The summed E-state index contributed by atoms with van der Waals surface area (Å²) in [6, 6.07) is -0.0426. The lowest BCUT2D eigenvalue weighted by atomic mass is 9.96. The second-order valence-electron chi connectivity index (χ2n) is 5.80. The van der Waals surface area contributed by atoms with E-state index < -0.39 is 5.54 Å². The van der Waals surface area contributed by atoms with Gasteiger partial charge in [0.1, 0.15) is 5.84 Å². The lowest BCUT2D eigenvalue weighted by molar-refractivity contribution is 0.167. The van der Waals surface area contributed by atoms with Gasteiger partial charge in [0.2, 0.25) is 0 Å². The van der Waals surface area contributed by atoms with E-state index in [4.69, 9.17) is 11.1 Å². The summed E-state index contributed by atoms with van der Waals surface area (Å²) in [5.74, 6) is 0.820. The van der Waals surface area contributed by atoms with Gasteiger partial charge in [0.05, 0.1) is 5.54 Å². The Kier molecular flexibility index (Phi) is 3.78. The first-order chi connectivity index (χ1) is 8.53. The molecule has 2 rings (SSSR count). The number of urea groups is 1. The molecule has 2 amide bonds. The van der Waals surface area contributed by atoms with E-state index in [0.717, 1.165) is 51.6 Å². The normalized spacial score (nSPS) is 23.9. The van der Waals surface area contributed by atoms with Gasteiger partial charge in [0.15, 0.2) is 0 Å². The molecule has 1 saturated carbocycles. The number of nitrogens with two attached hydrogens (primary N) is 1. The van der Waals surface area contributed by atoms with Crippen molar-refractivity contribution in [2.45, 2.75) is 51.0 Å². The number of hydrogen-bond acceptors (Lipinski definition) is 2. The van der Waals surface area contributed by atoms with Crippen molar-refractivity contribution in [2.75, 3.05) is 13.1 Å². The van der Waals surface area contributed by atoms with E-state index >= 15 is 0 Å². The average molecular weight is 252 g/mol. The van der Waals surface area contributed by atoms with Crippen molar-refractivity contribution in [1.82, 2.24) is 10.2 Å². The van der Waals surface area contributed by atoms with Crippen LogP contribution in [0.15, 0.2) is 0 Å². The van der Waals surface area contributed by atoms with Gasteiger partial charge in [-0.15, -0.1) is 0 Å². The van der Waals surface area contributed by atoms with Crippen LogP contribution in [0.2, 0.25) is 0 Å². The van der Waals surface area contributed by atoms with E-state index in [2.05, 4.69) is 12.2 Å². The van der Waals surface area contributed by atoms with E-state index in [1.165, 1.54) is 0 Å². The molecule has 0 spiro atoms. The molecule has 0 aromatic carbocycles. The molecule has 1 saturated heterocycles. The van der Waals surface area contributed by atoms with Crippen LogP contribution in [0, 0.1) is 11.3 Å². The highest BCUT2D eigenvalue weighted by Crippen LogP contribution is 2.30. The third-order valence-corrected chi connectivity index (χ3v) is 4.39. The number of piperidine rings is 1. The molecule has 1 heterocycles. The topological polar surface area (TPSA) is 82.2 Å². The summed E-state index contributed by atoms with van der Waals surface area (Å²) in [5.41, 5.74) is 5.11. The van der Waals surface area contributed by atoms with Gasteiger partial charge in [-0.05, 0) is 31.6 Å². The summed E-state index contributed by atoms with van der Waals surface area (Å²) < 4.78 is 0. The van der Waals surface area contributed by atoms with Crippen LogP contribution in [-0.2, 0) is 0 Å². The van der Waals surface area contributed by atoms with Gasteiger partial charge in [-0.25, -0.2) is 4.79 Å². The molecular weight excluding hydrogens is 228 g/mol. The highest BCUT2D eigenvalue weighted by molar-refractivity contribution is 5.92. The minimum Gasteiger partial charge on any atom is -0.386 e. The van der Waals surface area contributed by atoms with Crippen molar-refractivity contribution in [3.8, 4) is 0 Å². The van der Waals surface area contributed by atoms with E-state index in [9.17, 15) is 4.79 Å². The highest BCUT2D eigenvalue weighted by Gasteiger charge is 2.39. The maximum Gasteiger partial charge on any atom is 0.318 e. The molecule has 2 aliphatic rings. The van der Waals surface area contributed by atoms with Gasteiger partial charge in [-0.3, -0.25) is 5.41 Å².